The van der Waals surface area contributed by atoms with Crippen LogP contribution in [-0.4, -0.2) is 59.0 Å². The maximum absolute atomic E-state index is 11.6. The third-order valence-electron chi connectivity index (χ3n) is 5.61. The van der Waals surface area contributed by atoms with Crippen LogP contribution in [0.5, 0.6) is 0 Å². The molecule has 0 aliphatic carbocycles. The maximum atomic E-state index is 11.6. The average Bonchev–Trinajstić information content (AvgIpc) is 3.02. The zero-order valence-corrected chi connectivity index (χ0v) is 16.7. The summed E-state index contributed by atoms with van der Waals surface area (Å²) in [4.78, 5) is 26.8. The summed E-state index contributed by atoms with van der Waals surface area (Å²) in [5, 5.41) is 10.4. The van der Waals surface area contributed by atoms with Crippen LogP contribution in [0.3, 0.4) is 0 Å². The van der Waals surface area contributed by atoms with Crippen LogP contribution in [0, 0.1) is 0 Å². The Hall–Kier alpha value is -3.12. The maximum Gasteiger partial charge on any atom is 0.335 e. The van der Waals surface area contributed by atoms with Crippen LogP contribution in [-0.2, 0) is 17.9 Å². The lowest BCUT2D eigenvalue weighted by Gasteiger charge is -2.33. The molecular weight excluding hydrogens is 366 g/mol. The van der Waals surface area contributed by atoms with Gasteiger partial charge in [0.2, 0.25) is 6.41 Å². The predicted octanol–water partition coefficient (Wildman–Crippen LogP) is 3.01. The Labute approximate surface area is 170 Å². The Balaban J connectivity index is 1.82. The van der Waals surface area contributed by atoms with E-state index in [1.807, 2.05) is 23.1 Å². The van der Waals surface area contributed by atoms with Gasteiger partial charge >= 0.3 is 5.97 Å². The number of carboxylic acids is 1. The number of benzene rings is 2. The summed E-state index contributed by atoms with van der Waals surface area (Å²) in [6.45, 7) is 2.82. The van der Waals surface area contributed by atoms with E-state index in [0.29, 0.717) is 13.1 Å². The number of aromatic nitrogens is 1. The average molecular weight is 391 g/mol. The standard InChI is InChI=1S/C23H25N3O3/c1-24(2)12-18-13-25(15-27)14-21-22(18)19-5-3-4-6-20(19)26(21)11-16-7-9-17(10-8-16)23(28)29/h3-10,15,18H,11-14H2,1-2H3,(H,28,29). The van der Waals surface area contributed by atoms with Gasteiger partial charge in [-0.3, -0.25) is 4.79 Å². The summed E-state index contributed by atoms with van der Waals surface area (Å²) in [6, 6.07) is 15.4. The van der Waals surface area contributed by atoms with Gasteiger partial charge in [0.25, 0.3) is 0 Å². The number of carbonyl (C=O) groups is 2. The molecule has 0 saturated heterocycles. The molecule has 1 aliphatic heterocycles. The lowest BCUT2D eigenvalue weighted by atomic mass is 9.91. The van der Waals surface area contributed by atoms with Crippen molar-refractivity contribution in [3.63, 3.8) is 0 Å². The van der Waals surface area contributed by atoms with E-state index >= 15 is 0 Å². The predicted molar refractivity (Wildman–Crippen MR) is 112 cm³/mol. The first-order chi connectivity index (χ1) is 14.0. The van der Waals surface area contributed by atoms with E-state index in [9.17, 15) is 9.59 Å². The molecule has 150 valence electrons. The highest BCUT2D eigenvalue weighted by Crippen LogP contribution is 2.37. The number of fused-ring (bicyclic) bond motifs is 3. The molecule has 4 rings (SSSR count). The fourth-order valence-corrected chi connectivity index (χ4v) is 4.43. The Morgan fingerprint density at radius 3 is 2.55 bits per heavy atom. The molecule has 1 amide bonds. The summed E-state index contributed by atoms with van der Waals surface area (Å²) in [5.41, 5.74) is 4.96. The second kappa shape index (κ2) is 7.72. The second-order valence-electron chi connectivity index (χ2n) is 7.96. The monoisotopic (exact) mass is 391 g/mol. The zero-order valence-electron chi connectivity index (χ0n) is 16.7. The number of nitrogens with zero attached hydrogens (tertiary/aromatic N) is 3. The molecule has 0 radical (unpaired) electrons. The summed E-state index contributed by atoms with van der Waals surface area (Å²) >= 11 is 0. The van der Waals surface area contributed by atoms with Crippen molar-refractivity contribution < 1.29 is 14.7 Å². The number of carboxylic acid groups (broad SMARTS) is 1. The van der Waals surface area contributed by atoms with Gasteiger partial charge in [0.15, 0.2) is 0 Å². The van der Waals surface area contributed by atoms with Gasteiger partial charge in [-0.05, 0) is 43.4 Å². The van der Waals surface area contributed by atoms with Crippen molar-refractivity contribution >= 4 is 23.3 Å². The van der Waals surface area contributed by atoms with Crippen molar-refractivity contribution in [1.29, 1.82) is 0 Å². The number of amides is 1. The number of rotatable bonds is 6. The molecule has 1 N–H and O–H groups in total. The Bertz CT molecular complexity index is 1050. The number of carbonyl (C=O) groups excluding carboxylic acids is 1. The first kappa shape index (κ1) is 19.2. The first-order valence-corrected chi connectivity index (χ1v) is 9.74. The van der Waals surface area contributed by atoms with Gasteiger partial charge in [0.05, 0.1) is 12.1 Å². The van der Waals surface area contributed by atoms with Crippen LogP contribution in [0.15, 0.2) is 48.5 Å². The molecule has 6 nitrogen and oxygen atoms in total. The van der Waals surface area contributed by atoms with Crippen molar-refractivity contribution in [1.82, 2.24) is 14.4 Å². The number of likely N-dealkylation sites (N-methyl/N-ethyl adjacent to an activating group) is 1. The topological polar surface area (TPSA) is 65.8 Å². The molecule has 0 spiro atoms. The highest BCUT2D eigenvalue weighted by molar-refractivity contribution is 5.88. The molecule has 1 atom stereocenters. The van der Waals surface area contributed by atoms with Crippen LogP contribution in [0.25, 0.3) is 10.9 Å². The lowest BCUT2D eigenvalue weighted by molar-refractivity contribution is -0.119. The fourth-order valence-electron chi connectivity index (χ4n) is 4.43. The molecule has 0 bridgehead atoms. The van der Waals surface area contributed by atoms with Crippen LogP contribution in [0.1, 0.15) is 33.1 Å². The van der Waals surface area contributed by atoms with E-state index in [4.69, 9.17) is 5.11 Å². The van der Waals surface area contributed by atoms with Crippen molar-refractivity contribution in [2.75, 3.05) is 27.2 Å². The van der Waals surface area contributed by atoms with E-state index in [0.717, 1.165) is 30.6 Å². The van der Waals surface area contributed by atoms with Crippen LogP contribution >= 0.6 is 0 Å². The van der Waals surface area contributed by atoms with Crippen molar-refractivity contribution in [2.24, 2.45) is 0 Å². The summed E-state index contributed by atoms with van der Waals surface area (Å²) in [5.74, 6) is -0.673. The van der Waals surface area contributed by atoms with Gasteiger partial charge in [0, 0.05) is 42.1 Å². The molecule has 29 heavy (non-hydrogen) atoms. The molecule has 1 aromatic heterocycles. The Morgan fingerprint density at radius 1 is 1.17 bits per heavy atom. The van der Waals surface area contributed by atoms with Gasteiger partial charge in [-0.2, -0.15) is 0 Å². The minimum absolute atomic E-state index is 0.250. The number of hydrogen-bond donors (Lipinski definition) is 1. The van der Waals surface area contributed by atoms with E-state index < -0.39 is 5.97 Å². The summed E-state index contributed by atoms with van der Waals surface area (Å²) in [6.07, 6.45) is 0.940. The largest absolute Gasteiger partial charge is 0.478 e. The second-order valence-corrected chi connectivity index (χ2v) is 7.96. The van der Waals surface area contributed by atoms with Gasteiger partial charge in [-0.15, -0.1) is 0 Å². The van der Waals surface area contributed by atoms with E-state index in [1.165, 1.54) is 16.6 Å². The number of aromatic carboxylic acids is 1. The molecule has 2 heterocycles. The third kappa shape index (κ3) is 3.63. The Kier molecular flexibility index (Phi) is 5.11. The zero-order chi connectivity index (χ0) is 20.5. The van der Waals surface area contributed by atoms with E-state index in [2.05, 4.69) is 41.8 Å². The van der Waals surface area contributed by atoms with Gasteiger partial charge in [0.1, 0.15) is 0 Å². The van der Waals surface area contributed by atoms with Crippen LogP contribution in [0.2, 0.25) is 0 Å². The van der Waals surface area contributed by atoms with Crippen LogP contribution in [0.4, 0.5) is 0 Å². The minimum Gasteiger partial charge on any atom is -0.478 e. The molecular formula is C23H25N3O3. The van der Waals surface area contributed by atoms with Gasteiger partial charge in [-0.25, -0.2) is 4.79 Å². The van der Waals surface area contributed by atoms with E-state index in [1.54, 1.807) is 12.1 Å². The smallest absolute Gasteiger partial charge is 0.335 e. The van der Waals surface area contributed by atoms with Crippen molar-refractivity contribution in [3.8, 4) is 0 Å². The van der Waals surface area contributed by atoms with Crippen LogP contribution < -0.4 is 0 Å². The van der Waals surface area contributed by atoms with E-state index in [-0.39, 0.29) is 11.5 Å². The first-order valence-electron chi connectivity index (χ1n) is 9.74. The molecule has 1 aliphatic rings. The molecule has 6 heteroatoms. The molecule has 1 unspecified atom stereocenters. The minimum atomic E-state index is -0.923. The fraction of sp³-hybridized carbons (Fsp3) is 0.304. The molecule has 2 aromatic carbocycles. The number of para-hydroxylation sites is 1. The van der Waals surface area contributed by atoms with Gasteiger partial charge < -0.3 is 19.5 Å². The quantitative estimate of drug-likeness (QED) is 0.656. The molecule has 3 aromatic rings. The SMILES string of the molecule is CN(C)CC1CN(C=O)Cc2c1c1ccccc1n2Cc1ccc(C(=O)O)cc1. The summed E-state index contributed by atoms with van der Waals surface area (Å²) < 4.78 is 2.28. The normalized spacial score (nSPS) is 16.2. The Morgan fingerprint density at radius 2 is 1.90 bits per heavy atom. The van der Waals surface area contributed by atoms with Crippen molar-refractivity contribution in [3.05, 3.63) is 70.9 Å². The summed E-state index contributed by atoms with van der Waals surface area (Å²) in [7, 11) is 4.12. The molecule has 0 fully saturated rings. The third-order valence-corrected chi connectivity index (χ3v) is 5.61. The highest BCUT2D eigenvalue weighted by atomic mass is 16.4. The molecule has 0 saturated carbocycles. The highest BCUT2D eigenvalue weighted by Gasteiger charge is 2.31. The van der Waals surface area contributed by atoms with Crippen molar-refractivity contribution in [2.45, 2.75) is 19.0 Å². The van der Waals surface area contributed by atoms with Gasteiger partial charge in [-0.1, -0.05) is 30.3 Å². The number of hydrogen-bond acceptors (Lipinski definition) is 3. The lowest BCUT2D eigenvalue weighted by Crippen LogP contribution is -2.37.